The van der Waals surface area contributed by atoms with E-state index in [1.165, 1.54) is 30.5 Å². The molecule has 0 spiro atoms. The molecule has 1 amide bonds. The van der Waals surface area contributed by atoms with E-state index < -0.39 is 41.5 Å². The lowest BCUT2D eigenvalue weighted by Gasteiger charge is -2.22. The lowest BCUT2D eigenvalue weighted by molar-refractivity contribution is -0.274. The molecule has 2 N–H and O–H groups in total. The van der Waals surface area contributed by atoms with Crippen molar-refractivity contribution in [3.8, 4) is 16.9 Å². The Labute approximate surface area is 229 Å². The average molecular weight is 570 g/mol. The standard InChI is InChI=1S/C30H21F6N3O2/c31-20-6-7-26-25(15-20)19(16-38-26)13-28(40)39-27(11-17-9-21(32)14-22(33)10-17)29-24(5-2-8-37-29)18-3-1-4-23(12-18)41-30(34,35)36/h1-10,12,14-16,27,38H,11,13H2,(H,39,40)/t27-/m0/s1. The number of halogens is 6. The summed E-state index contributed by atoms with van der Waals surface area (Å²) in [5, 5.41) is 3.35. The van der Waals surface area contributed by atoms with Crippen LogP contribution in [-0.2, 0) is 17.6 Å². The number of carbonyl (C=O) groups is 1. The lowest BCUT2D eigenvalue weighted by Crippen LogP contribution is -2.32. The van der Waals surface area contributed by atoms with Gasteiger partial charge in [0.2, 0.25) is 5.91 Å². The predicted molar refractivity (Wildman–Crippen MR) is 139 cm³/mol. The molecule has 0 aliphatic rings. The number of carbonyl (C=O) groups excluding carboxylic acids is 1. The molecule has 0 unspecified atom stereocenters. The smallest absolute Gasteiger partial charge is 0.406 e. The number of aromatic nitrogens is 2. The van der Waals surface area contributed by atoms with Crippen LogP contribution in [0.25, 0.3) is 22.0 Å². The van der Waals surface area contributed by atoms with Crippen LogP contribution in [0.1, 0.15) is 22.9 Å². The third kappa shape index (κ3) is 6.86. The number of nitrogens with one attached hydrogen (secondary N) is 2. The number of fused-ring (bicyclic) bond motifs is 1. The van der Waals surface area contributed by atoms with Crippen LogP contribution in [0.15, 0.2) is 85.2 Å². The fraction of sp³-hybridized carbons (Fsp3) is 0.133. The molecule has 11 heteroatoms. The highest BCUT2D eigenvalue weighted by atomic mass is 19.4. The zero-order valence-corrected chi connectivity index (χ0v) is 21.1. The number of benzene rings is 3. The molecule has 5 nitrogen and oxygen atoms in total. The topological polar surface area (TPSA) is 67.0 Å². The van der Waals surface area contributed by atoms with Crippen molar-refractivity contribution in [2.24, 2.45) is 0 Å². The first-order chi connectivity index (χ1) is 19.5. The van der Waals surface area contributed by atoms with E-state index in [0.717, 1.165) is 18.2 Å². The van der Waals surface area contributed by atoms with Gasteiger partial charge in [0.15, 0.2) is 0 Å². The van der Waals surface area contributed by atoms with Crippen molar-refractivity contribution in [1.29, 1.82) is 0 Å². The normalized spacial score (nSPS) is 12.3. The van der Waals surface area contributed by atoms with E-state index >= 15 is 0 Å². The Morgan fingerprint density at radius 1 is 0.927 bits per heavy atom. The average Bonchev–Trinajstić information content (AvgIpc) is 3.28. The van der Waals surface area contributed by atoms with Crippen molar-refractivity contribution in [2.45, 2.75) is 25.2 Å². The monoisotopic (exact) mass is 569 g/mol. The van der Waals surface area contributed by atoms with Crippen molar-refractivity contribution in [3.63, 3.8) is 0 Å². The molecule has 5 rings (SSSR count). The third-order valence-electron chi connectivity index (χ3n) is 6.33. The highest BCUT2D eigenvalue weighted by molar-refractivity contribution is 5.89. The van der Waals surface area contributed by atoms with Gasteiger partial charge in [-0.25, -0.2) is 13.2 Å². The van der Waals surface area contributed by atoms with Crippen LogP contribution in [0.2, 0.25) is 0 Å². The molecule has 41 heavy (non-hydrogen) atoms. The second-order valence-corrected chi connectivity index (χ2v) is 9.29. The Bertz CT molecular complexity index is 1700. The van der Waals surface area contributed by atoms with E-state index in [9.17, 15) is 31.1 Å². The van der Waals surface area contributed by atoms with Crippen molar-refractivity contribution in [1.82, 2.24) is 15.3 Å². The summed E-state index contributed by atoms with van der Waals surface area (Å²) in [6, 6.07) is 14.5. The molecule has 0 saturated carbocycles. The van der Waals surface area contributed by atoms with E-state index in [4.69, 9.17) is 0 Å². The molecule has 0 aliphatic carbocycles. The van der Waals surface area contributed by atoms with E-state index in [0.29, 0.717) is 33.7 Å². The summed E-state index contributed by atoms with van der Waals surface area (Å²) >= 11 is 0. The Hall–Kier alpha value is -4.80. The molecule has 2 aromatic heterocycles. The number of aromatic amines is 1. The molecule has 0 bridgehead atoms. The fourth-order valence-corrected chi connectivity index (χ4v) is 4.70. The van der Waals surface area contributed by atoms with E-state index in [-0.39, 0.29) is 24.1 Å². The Morgan fingerprint density at radius 2 is 1.71 bits per heavy atom. The van der Waals surface area contributed by atoms with Gasteiger partial charge in [-0.15, -0.1) is 13.2 Å². The number of amides is 1. The molecule has 0 aliphatic heterocycles. The first kappa shape index (κ1) is 27.8. The van der Waals surface area contributed by atoms with Crippen molar-refractivity contribution in [2.75, 3.05) is 0 Å². The van der Waals surface area contributed by atoms with Gasteiger partial charge in [0, 0.05) is 34.9 Å². The molecule has 0 saturated heterocycles. The van der Waals surface area contributed by atoms with E-state index in [2.05, 4.69) is 20.0 Å². The number of H-pyrrole nitrogens is 1. The van der Waals surface area contributed by atoms with Gasteiger partial charge in [0.05, 0.1) is 18.2 Å². The van der Waals surface area contributed by atoms with Gasteiger partial charge >= 0.3 is 6.36 Å². The second kappa shape index (κ2) is 11.4. The number of nitrogens with zero attached hydrogens (tertiary/aromatic N) is 1. The van der Waals surface area contributed by atoms with Gasteiger partial charge in [-0.1, -0.05) is 18.2 Å². The maximum Gasteiger partial charge on any atom is 0.573 e. The summed E-state index contributed by atoms with van der Waals surface area (Å²) in [5.41, 5.74) is 2.30. The minimum absolute atomic E-state index is 0.0916. The van der Waals surface area contributed by atoms with E-state index in [1.807, 2.05) is 0 Å². The number of pyridine rings is 1. The van der Waals surface area contributed by atoms with Crippen LogP contribution < -0.4 is 10.1 Å². The molecule has 3 aromatic carbocycles. The van der Waals surface area contributed by atoms with Crippen molar-refractivity contribution >= 4 is 16.8 Å². The van der Waals surface area contributed by atoms with Crippen molar-refractivity contribution < 1.29 is 35.9 Å². The molecule has 2 heterocycles. The van der Waals surface area contributed by atoms with Gasteiger partial charge in [-0.3, -0.25) is 9.78 Å². The molecule has 5 aromatic rings. The summed E-state index contributed by atoms with van der Waals surface area (Å²) < 4.78 is 84.5. The van der Waals surface area contributed by atoms with Gasteiger partial charge in [0.25, 0.3) is 0 Å². The van der Waals surface area contributed by atoms with Crippen LogP contribution >= 0.6 is 0 Å². The summed E-state index contributed by atoms with van der Waals surface area (Å²) in [5.74, 6) is -3.06. The Morgan fingerprint density at radius 3 is 2.46 bits per heavy atom. The lowest BCUT2D eigenvalue weighted by atomic mass is 9.95. The van der Waals surface area contributed by atoms with Gasteiger partial charge in [0.1, 0.15) is 23.2 Å². The second-order valence-electron chi connectivity index (χ2n) is 9.29. The first-order valence-corrected chi connectivity index (χ1v) is 12.3. The number of ether oxygens (including phenoxy) is 1. The highest BCUT2D eigenvalue weighted by Gasteiger charge is 2.31. The third-order valence-corrected chi connectivity index (χ3v) is 6.33. The maximum absolute atomic E-state index is 14.0. The Kier molecular flexibility index (Phi) is 7.69. The number of alkyl halides is 3. The zero-order valence-electron chi connectivity index (χ0n) is 21.1. The van der Waals surface area contributed by atoms with E-state index in [1.54, 1.807) is 30.5 Å². The minimum Gasteiger partial charge on any atom is -0.406 e. The Balaban J connectivity index is 1.50. The maximum atomic E-state index is 14.0. The summed E-state index contributed by atoms with van der Waals surface area (Å²) in [6.07, 6.45) is -2.14. The SMILES string of the molecule is O=C(Cc1c[nH]c2ccc(F)cc12)N[C@@H](Cc1cc(F)cc(F)c1)c1ncccc1-c1cccc(OC(F)(F)F)c1. The molecular formula is C30H21F6N3O2. The van der Waals surface area contributed by atoms with Crippen LogP contribution in [0.5, 0.6) is 5.75 Å². The first-order valence-electron chi connectivity index (χ1n) is 12.3. The summed E-state index contributed by atoms with van der Waals surface area (Å²) in [4.78, 5) is 20.6. The molecule has 0 fully saturated rings. The van der Waals surface area contributed by atoms with Gasteiger partial charge < -0.3 is 15.0 Å². The number of rotatable bonds is 8. The predicted octanol–water partition coefficient (Wildman–Crippen LogP) is 7.19. The van der Waals surface area contributed by atoms with Gasteiger partial charge in [-0.2, -0.15) is 0 Å². The van der Waals surface area contributed by atoms with Crippen molar-refractivity contribution in [3.05, 3.63) is 119 Å². The highest BCUT2D eigenvalue weighted by Crippen LogP contribution is 2.33. The van der Waals surface area contributed by atoms with Crippen LogP contribution in [-0.4, -0.2) is 22.2 Å². The van der Waals surface area contributed by atoms with Gasteiger partial charge in [-0.05, 0) is 71.6 Å². The quantitative estimate of drug-likeness (QED) is 0.195. The molecule has 0 radical (unpaired) electrons. The van der Waals surface area contributed by atoms with Crippen LogP contribution in [0, 0.1) is 17.5 Å². The zero-order chi connectivity index (χ0) is 29.1. The molecule has 1 atom stereocenters. The number of hydrogen-bond acceptors (Lipinski definition) is 3. The molecular weight excluding hydrogens is 548 g/mol. The van der Waals surface area contributed by atoms with Crippen LogP contribution in [0.3, 0.4) is 0 Å². The minimum atomic E-state index is -4.90. The fourth-order valence-electron chi connectivity index (χ4n) is 4.70. The van der Waals surface area contributed by atoms with Crippen LogP contribution in [0.4, 0.5) is 26.3 Å². The molecule has 210 valence electrons. The summed E-state index contributed by atoms with van der Waals surface area (Å²) in [7, 11) is 0. The summed E-state index contributed by atoms with van der Waals surface area (Å²) in [6.45, 7) is 0. The largest absolute Gasteiger partial charge is 0.573 e. The number of hydrogen-bond donors (Lipinski definition) is 2.